The zero-order valence-corrected chi connectivity index (χ0v) is 16.3. The smallest absolute Gasteiger partial charge is 0.138 e. The molecule has 0 fully saturated rings. The van der Waals surface area contributed by atoms with Crippen LogP contribution in [-0.4, -0.2) is 49.2 Å². The molecule has 0 bridgehead atoms. The largest absolute Gasteiger partial charge is 0.506 e. The molecule has 0 unspecified atom stereocenters. The maximum atomic E-state index is 10.1. The summed E-state index contributed by atoms with van der Waals surface area (Å²) in [5.74, 6) is 1.00. The van der Waals surface area contributed by atoms with Crippen molar-refractivity contribution in [2.75, 3.05) is 34.3 Å². The average molecular weight is 383 g/mol. The summed E-state index contributed by atoms with van der Waals surface area (Å²) < 4.78 is 5.40. The van der Waals surface area contributed by atoms with E-state index >= 15 is 0 Å². The van der Waals surface area contributed by atoms with Gasteiger partial charge in [-0.15, -0.1) is 0 Å². The molecule has 0 spiro atoms. The molecule has 0 aromatic heterocycles. The van der Waals surface area contributed by atoms with Gasteiger partial charge < -0.3 is 19.6 Å². The lowest BCUT2D eigenvalue weighted by molar-refractivity contribution is 0.243. The van der Waals surface area contributed by atoms with Gasteiger partial charge >= 0.3 is 0 Å². The van der Waals surface area contributed by atoms with E-state index in [1.165, 1.54) is 0 Å². The first-order valence-electron chi connectivity index (χ1n) is 8.06. The van der Waals surface area contributed by atoms with Crippen LogP contribution < -0.4 is 4.74 Å². The highest BCUT2D eigenvalue weighted by molar-refractivity contribution is 6.35. The summed E-state index contributed by atoms with van der Waals surface area (Å²) in [7, 11) is 5.77. The van der Waals surface area contributed by atoms with E-state index in [9.17, 15) is 5.11 Å². The number of benzene rings is 2. The second-order valence-corrected chi connectivity index (χ2v) is 7.03. The number of phenols is 1. The lowest BCUT2D eigenvalue weighted by Crippen LogP contribution is -2.30. The number of likely N-dealkylation sites (N-methyl/N-ethyl adjacent to an activating group) is 2. The Morgan fingerprint density at radius 2 is 1.56 bits per heavy atom. The van der Waals surface area contributed by atoms with E-state index in [4.69, 9.17) is 27.9 Å². The highest BCUT2D eigenvalue weighted by Crippen LogP contribution is 2.31. The summed E-state index contributed by atoms with van der Waals surface area (Å²) in [4.78, 5) is 4.36. The van der Waals surface area contributed by atoms with Crippen LogP contribution >= 0.6 is 23.2 Å². The van der Waals surface area contributed by atoms with Crippen molar-refractivity contribution in [3.05, 3.63) is 57.6 Å². The highest BCUT2D eigenvalue weighted by atomic mass is 35.5. The van der Waals surface area contributed by atoms with Gasteiger partial charge in [-0.25, -0.2) is 0 Å². The molecule has 4 nitrogen and oxygen atoms in total. The fourth-order valence-corrected chi connectivity index (χ4v) is 3.19. The third-order valence-electron chi connectivity index (χ3n) is 4.04. The first kappa shape index (κ1) is 19.9. The van der Waals surface area contributed by atoms with Crippen LogP contribution in [0.4, 0.5) is 0 Å². The summed E-state index contributed by atoms with van der Waals surface area (Å²) in [5, 5.41) is 10.9. The Labute approximate surface area is 159 Å². The van der Waals surface area contributed by atoms with Gasteiger partial charge in [0.1, 0.15) is 11.5 Å². The van der Waals surface area contributed by atoms with Gasteiger partial charge in [0, 0.05) is 42.3 Å². The third kappa shape index (κ3) is 5.79. The molecule has 6 heteroatoms. The molecule has 0 aliphatic carbocycles. The van der Waals surface area contributed by atoms with Gasteiger partial charge in [0.2, 0.25) is 0 Å². The minimum atomic E-state index is 0.0975. The zero-order valence-electron chi connectivity index (χ0n) is 14.8. The number of aromatic hydroxyl groups is 1. The SMILES string of the molecule is COc1ccccc1CN(C)CCN(C)Cc1cc(Cl)cc(Cl)c1O. The Kier molecular flexibility index (Phi) is 7.38. The molecule has 0 atom stereocenters. The van der Waals surface area contributed by atoms with Gasteiger partial charge in [-0.2, -0.15) is 0 Å². The second-order valence-electron chi connectivity index (χ2n) is 6.18. The van der Waals surface area contributed by atoms with Crippen molar-refractivity contribution < 1.29 is 9.84 Å². The summed E-state index contributed by atoms with van der Waals surface area (Å²) in [5.41, 5.74) is 1.89. The summed E-state index contributed by atoms with van der Waals surface area (Å²) >= 11 is 12.0. The maximum Gasteiger partial charge on any atom is 0.138 e. The summed E-state index contributed by atoms with van der Waals surface area (Å²) in [6.07, 6.45) is 0. The minimum absolute atomic E-state index is 0.0975. The van der Waals surface area contributed by atoms with Crippen LogP contribution in [-0.2, 0) is 13.1 Å². The number of nitrogens with zero attached hydrogens (tertiary/aromatic N) is 2. The van der Waals surface area contributed by atoms with Crippen molar-refractivity contribution >= 4 is 23.2 Å². The molecule has 0 radical (unpaired) electrons. The Balaban J connectivity index is 1.88. The van der Waals surface area contributed by atoms with Gasteiger partial charge in [0.25, 0.3) is 0 Å². The number of ether oxygens (including phenoxy) is 1. The molecule has 2 aromatic rings. The van der Waals surface area contributed by atoms with Crippen molar-refractivity contribution in [1.29, 1.82) is 0 Å². The van der Waals surface area contributed by atoms with E-state index in [1.54, 1.807) is 19.2 Å². The predicted octanol–water partition coefficient (Wildman–Crippen LogP) is 4.27. The molecule has 0 aliphatic heterocycles. The van der Waals surface area contributed by atoms with Crippen molar-refractivity contribution in [1.82, 2.24) is 9.80 Å². The lowest BCUT2D eigenvalue weighted by Gasteiger charge is -2.23. The standard InChI is InChI=1S/C19H24Cl2N2O2/c1-22(12-14-6-4-5-7-18(14)25-3)8-9-23(2)13-15-10-16(20)11-17(21)19(15)24/h4-7,10-11,24H,8-9,12-13H2,1-3H3. The third-order valence-corrected chi connectivity index (χ3v) is 4.55. The van der Waals surface area contributed by atoms with Gasteiger partial charge in [0.15, 0.2) is 0 Å². The molecule has 25 heavy (non-hydrogen) atoms. The Morgan fingerprint density at radius 1 is 0.960 bits per heavy atom. The van der Waals surface area contributed by atoms with Gasteiger partial charge in [-0.1, -0.05) is 41.4 Å². The molecule has 0 saturated carbocycles. The number of phenolic OH excluding ortho intramolecular Hbond substituents is 1. The molecule has 2 aromatic carbocycles. The predicted molar refractivity (Wildman–Crippen MR) is 104 cm³/mol. The van der Waals surface area contributed by atoms with Crippen molar-refractivity contribution in [3.63, 3.8) is 0 Å². The van der Waals surface area contributed by atoms with E-state index in [2.05, 4.69) is 22.9 Å². The van der Waals surface area contributed by atoms with E-state index in [1.807, 2.05) is 25.2 Å². The average Bonchev–Trinajstić information content (AvgIpc) is 2.58. The first-order valence-corrected chi connectivity index (χ1v) is 8.82. The lowest BCUT2D eigenvalue weighted by atomic mass is 10.2. The van der Waals surface area contributed by atoms with E-state index in [0.29, 0.717) is 11.6 Å². The van der Waals surface area contributed by atoms with Crippen LogP contribution in [0.3, 0.4) is 0 Å². The minimum Gasteiger partial charge on any atom is -0.506 e. The molecular formula is C19H24Cl2N2O2. The van der Waals surface area contributed by atoms with E-state index < -0.39 is 0 Å². The van der Waals surface area contributed by atoms with Gasteiger partial charge in [-0.3, -0.25) is 0 Å². The molecule has 2 rings (SSSR count). The number of rotatable bonds is 8. The van der Waals surface area contributed by atoms with Crippen LogP contribution in [0.5, 0.6) is 11.5 Å². The monoisotopic (exact) mass is 382 g/mol. The Morgan fingerprint density at radius 3 is 2.20 bits per heavy atom. The van der Waals surface area contributed by atoms with Crippen LogP contribution in [0.25, 0.3) is 0 Å². The number of halogens is 2. The van der Waals surface area contributed by atoms with Crippen LogP contribution in [0, 0.1) is 0 Å². The molecule has 0 aliphatic rings. The van der Waals surface area contributed by atoms with E-state index in [-0.39, 0.29) is 10.8 Å². The first-order chi connectivity index (χ1) is 11.9. The Bertz CT molecular complexity index is 710. The molecule has 136 valence electrons. The van der Waals surface area contributed by atoms with Crippen LogP contribution in [0.1, 0.15) is 11.1 Å². The summed E-state index contributed by atoms with van der Waals surface area (Å²) in [6, 6.07) is 11.3. The molecule has 0 amide bonds. The number of hydrogen-bond acceptors (Lipinski definition) is 4. The second kappa shape index (κ2) is 9.30. The van der Waals surface area contributed by atoms with E-state index in [0.717, 1.165) is 36.5 Å². The van der Waals surface area contributed by atoms with Gasteiger partial charge in [-0.05, 0) is 32.3 Å². The van der Waals surface area contributed by atoms with Crippen LogP contribution in [0.2, 0.25) is 10.0 Å². The fourth-order valence-electron chi connectivity index (χ4n) is 2.65. The molecule has 0 saturated heterocycles. The molecular weight excluding hydrogens is 359 g/mol. The maximum absolute atomic E-state index is 10.1. The van der Waals surface area contributed by atoms with Crippen molar-refractivity contribution in [2.45, 2.75) is 13.1 Å². The molecule has 1 N–H and O–H groups in total. The fraction of sp³-hybridized carbons (Fsp3) is 0.368. The van der Waals surface area contributed by atoms with Crippen molar-refractivity contribution in [3.8, 4) is 11.5 Å². The van der Waals surface area contributed by atoms with Gasteiger partial charge in [0.05, 0.1) is 12.1 Å². The normalized spacial score (nSPS) is 11.3. The summed E-state index contributed by atoms with van der Waals surface area (Å²) in [6.45, 7) is 3.11. The topological polar surface area (TPSA) is 35.9 Å². The quantitative estimate of drug-likeness (QED) is 0.739. The number of para-hydroxylation sites is 1. The zero-order chi connectivity index (χ0) is 18.4. The van der Waals surface area contributed by atoms with Crippen LogP contribution in [0.15, 0.2) is 36.4 Å². The number of methoxy groups -OCH3 is 1. The van der Waals surface area contributed by atoms with Crippen molar-refractivity contribution in [2.24, 2.45) is 0 Å². The Hall–Kier alpha value is -1.46. The number of hydrogen-bond donors (Lipinski definition) is 1. The molecule has 0 heterocycles. The highest BCUT2D eigenvalue weighted by Gasteiger charge is 2.11.